The Bertz CT molecular complexity index is 474. The number of carbonyl (C=O) groups is 1. The van der Waals surface area contributed by atoms with Gasteiger partial charge < -0.3 is 15.4 Å². The van der Waals surface area contributed by atoms with E-state index in [0.29, 0.717) is 19.6 Å². The minimum atomic E-state index is -0.408. The van der Waals surface area contributed by atoms with Gasteiger partial charge in [-0.15, -0.1) is 12.4 Å². The molecule has 0 aromatic heterocycles. The summed E-state index contributed by atoms with van der Waals surface area (Å²) in [6, 6.07) is 7.70. The Morgan fingerprint density at radius 1 is 1.48 bits per heavy atom. The van der Waals surface area contributed by atoms with Crippen molar-refractivity contribution >= 4 is 29.9 Å². The highest BCUT2D eigenvalue weighted by atomic mass is 35.5. The Labute approximate surface area is 137 Å². The van der Waals surface area contributed by atoms with Crippen LogP contribution in [-0.2, 0) is 16.0 Å². The van der Waals surface area contributed by atoms with E-state index < -0.39 is 6.10 Å². The largest absolute Gasteiger partial charge is 0.366 e. The molecule has 1 aromatic rings. The van der Waals surface area contributed by atoms with Gasteiger partial charge in [0.25, 0.3) is 5.91 Å². The maximum Gasteiger partial charge on any atom is 0.250 e. The molecule has 1 atom stereocenters. The molecule has 6 heteroatoms. The van der Waals surface area contributed by atoms with E-state index in [1.54, 1.807) is 0 Å². The molecule has 1 saturated heterocycles. The van der Waals surface area contributed by atoms with Gasteiger partial charge in [-0.3, -0.25) is 4.79 Å². The molecule has 1 amide bonds. The number of amides is 1. The molecule has 1 unspecified atom stereocenters. The van der Waals surface area contributed by atoms with E-state index in [0.717, 1.165) is 17.1 Å². The lowest BCUT2D eigenvalue weighted by Crippen LogP contribution is -2.54. The van der Waals surface area contributed by atoms with Crippen molar-refractivity contribution < 1.29 is 9.53 Å². The van der Waals surface area contributed by atoms with Crippen LogP contribution in [0, 0.1) is 0 Å². The third kappa shape index (κ3) is 5.47. The molecule has 118 valence electrons. The van der Waals surface area contributed by atoms with Crippen LogP contribution < -0.4 is 10.6 Å². The first-order valence-electron chi connectivity index (χ1n) is 6.86. The molecule has 0 aliphatic carbocycles. The summed E-state index contributed by atoms with van der Waals surface area (Å²) in [4.78, 5) is 12.2. The maximum atomic E-state index is 12.2. The molecular weight excluding hydrogens is 311 g/mol. The van der Waals surface area contributed by atoms with Crippen LogP contribution in [0.5, 0.6) is 0 Å². The molecule has 1 aliphatic rings. The molecule has 21 heavy (non-hydrogen) atoms. The average Bonchev–Trinajstić information content (AvgIpc) is 2.41. The Kier molecular flexibility index (Phi) is 6.94. The van der Waals surface area contributed by atoms with Crippen LogP contribution in [-0.4, -0.2) is 37.2 Å². The number of morpholine rings is 1. The highest BCUT2D eigenvalue weighted by molar-refractivity contribution is 6.31. The fraction of sp³-hybridized carbons (Fsp3) is 0.533. The Morgan fingerprint density at radius 2 is 2.19 bits per heavy atom. The number of ether oxygens (including phenoxy) is 1. The summed E-state index contributed by atoms with van der Waals surface area (Å²) in [6.07, 6.45) is 0.271. The van der Waals surface area contributed by atoms with Crippen LogP contribution >= 0.6 is 24.0 Å². The average molecular weight is 333 g/mol. The van der Waals surface area contributed by atoms with Crippen molar-refractivity contribution in [1.29, 1.82) is 0 Å². The van der Waals surface area contributed by atoms with Gasteiger partial charge in [0.2, 0.25) is 0 Å². The van der Waals surface area contributed by atoms with Crippen molar-refractivity contribution in [2.24, 2.45) is 0 Å². The lowest BCUT2D eigenvalue weighted by atomic mass is 9.94. The third-order valence-electron chi connectivity index (χ3n) is 3.27. The minimum Gasteiger partial charge on any atom is -0.366 e. The summed E-state index contributed by atoms with van der Waals surface area (Å²) in [7, 11) is 0. The van der Waals surface area contributed by atoms with Gasteiger partial charge in [-0.1, -0.05) is 29.8 Å². The molecule has 2 N–H and O–H groups in total. The van der Waals surface area contributed by atoms with Crippen LogP contribution in [0.3, 0.4) is 0 Å². The van der Waals surface area contributed by atoms with Gasteiger partial charge in [-0.25, -0.2) is 0 Å². The molecule has 0 saturated carbocycles. The molecule has 4 nitrogen and oxygen atoms in total. The number of rotatable bonds is 4. The zero-order chi connectivity index (χ0) is 14.6. The first-order chi connectivity index (χ1) is 9.48. The minimum absolute atomic E-state index is 0. The summed E-state index contributed by atoms with van der Waals surface area (Å²) >= 11 is 6.17. The highest BCUT2D eigenvalue weighted by Crippen LogP contribution is 2.21. The molecule has 1 aliphatic heterocycles. The maximum absolute atomic E-state index is 12.2. The number of nitrogens with one attached hydrogen (secondary N) is 2. The van der Waals surface area contributed by atoms with Crippen LogP contribution in [0.25, 0.3) is 0 Å². The lowest BCUT2D eigenvalue weighted by Gasteiger charge is -2.30. The second-order valence-electron chi connectivity index (χ2n) is 5.70. The molecular formula is C15H22Cl2N2O2. The first kappa shape index (κ1) is 18.2. The fourth-order valence-electron chi connectivity index (χ4n) is 2.31. The van der Waals surface area contributed by atoms with Crippen LogP contribution in [0.1, 0.15) is 19.4 Å². The molecule has 2 rings (SSSR count). The summed E-state index contributed by atoms with van der Waals surface area (Å²) < 4.78 is 5.46. The predicted molar refractivity (Wildman–Crippen MR) is 87.2 cm³/mol. The van der Waals surface area contributed by atoms with Crippen LogP contribution in [0.15, 0.2) is 24.3 Å². The van der Waals surface area contributed by atoms with Crippen LogP contribution in [0.4, 0.5) is 0 Å². The quantitative estimate of drug-likeness (QED) is 0.888. The zero-order valence-corrected chi connectivity index (χ0v) is 13.9. The lowest BCUT2D eigenvalue weighted by molar-refractivity contribution is -0.135. The Hall–Kier alpha value is -0.810. The molecule has 0 radical (unpaired) electrons. The molecule has 0 spiro atoms. The number of benzene rings is 1. The van der Waals surface area contributed by atoms with Gasteiger partial charge in [-0.05, 0) is 31.9 Å². The van der Waals surface area contributed by atoms with Crippen molar-refractivity contribution in [3.05, 3.63) is 34.9 Å². The van der Waals surface area contributed by atoms with Gasteiger partial charge in [0.05, 0.1) is 6.61 Å². The normalized spacial score (nSPS) is 18.7. The second kappa shape index (κ2) is 7.99. The van der Waals surface area contributed by atoms with Crippen molar-refractivity contribution in [3.63, 3.8) is 0 Å². The Balaban J connectivity index is 0.00000220. The summed E-state index contributed by atoms with van der Waals surface area (Å²) in [6.45, 7) is 5.92. The Morgan fingerprint density at radius 3 is 2.81 bits per heavy atom. The van der Waals surface area contributed by atoms with Gasteiger partial charge in [0.1, 0.15) is 6.10 Å². The molecule has 0 bridgehead atoms. The fourth-order valence-corrected chi connectivity index (χ4v) is 2.51. The predicted octanol–water partition coefficient (Wildman–Crippen LogP) is 2.19. The summed E-state index contributed by atoms with van der Waals surface area (Å²) in [5.74, 6) is -0.0748. The van der Waals surface area contributed by atoms with E-state index >= 15 is 0 Å². The van der Waals surface area contributed by atoms with E-state index in [-0.39, 0.29) is 23.9 Å². The molecule has 1 heterocycles. The third-order valence-corrected chi connectivity index (χ3v) is 3.64. The number of halogens is 2. The van der Waals surface area contributed by atoms with Gasteiger partial charge in [0.15, 0.2) is 0 Å². The summed E-state index contributed by atoms with van der Waals surface area (Å²) in [5.41, 5.74) is 0.658. The van der Waals surface area contributed by atoms with Crippen molar-refractivity contribution in [3.8, 4) is 0 Å². The van der Waals surface area contributed by atoms with Crippen molar-refractivity contribution in [2.75, 3.05) is 19.7 Å². The molecule has 1 aromatic carbocycles. The van der Waals surface area contributed by atoms with E-state index in [2.05, 4.69) is 10.6 Å². The monoisotopic (exact) mass is 332 g/mol. The second-order valence-corrected chi connectivity index (χ2v) is 6.11. The zero-order valence-electron chi connectivity index (χ0n) is 12.3. The van der Waals surface area contributed by atoms with Gasteiger partial charge in [0, 0.05) is 23.7 Å². The SMILES string of the molecule is CC(C)(Cc1ccccc1Cl)NC(=O)C1CNCCO1.Cl. The molecule has 1 fully saturated rings. The van der Waals surface area contributed by atoms with E-state index in [1.807, 2.05) is 38.1 Å². The number of hydrogen-bond donors (Lipinski definition) is 2. The van der Waals surface area contributed by atoms with Crippen LogP contribution in [0.2, 0.25) is 5.02 Å². The van der Waals surface area contributed by atoms with Crippen molar-refractivity contribution in [1.82, 2.24) is 10.6 Å². The van der Waals surface area contributed by atoms with E-state index in [4.69, 9.17) is 16.3 Å². The van der Waals surface area contributed by atoms with Gasteiger partial charge >= 0.3 is 0 Å². The van der Waals surface area contributed by atoms with Gasteiger partial charge in [-0.2, -0.15) is 0 Å². The number of carbonyl (C=O) groups excluding carboxylic acids is 1. The smallest absolute Gasteiger partial charge is 0.250 e. The topological polar surface area (TPSA) is 50.4 Å². The van der Waals surface area contributed by atoms with E-state index in [9.17, 15) is 4.79 Å². The first-order valence-corrected chi connectivity index (χ1v) is 7.23. The summed E-state index contributed by atoms with van der Waals surface area (Å²) in [5, 5.41) is 6.92. The van der Waals surface area contributed by atoms with Crippen molar-refractivity contribution in [2.45, 2.75) is 31.9 Å². The highest BCUT2D eigenvalue weighted by Gasteiger charge is 2.28. The standard InChI is InChI=1S/C15H21ClN2O2.ClH/c1-15(2,9-11-5-3-4-6-12(11)16)18-14(19)13-10-17-7-8-20-13;/h3-6,13,17H,7-10H2,1-2H3,(H,18,19);1H. The van der Waals surface area contributed by atoms with E-state index in [1.165, 1.54) is 0 Å². The number of hydrogen-bond acceptors (Lipinski definition) is 3.